The molecule has 0 aromatic rings. The molecule has 1 atom stereocenters. The molecule has 0 aromatic heterocycles. The highest BCUT2D eigenvalue weighted by atomic mass is 16.8. The molecule has 0 aromatic carbocycles. The average Bonchev–Trinajstić information content (AvgIpc) is 2.96. The number of hydrogen-bond donors (Lipinski definition) is 0. The smallest absolute Gasteiger partial charge is 0.308 e. The Morgan fingerprint density at radius 3 is 2.04 bits per heavy atom. The molecule has 4 heteroatoms. The van der Waals surface area contributed by atoms with E-state index in [-0.39, 0.29) is 5.97 Å². The van der Waals surface area contributed by atoms with E-state index in [1.54, 1.807) is 0 Å². The summed E-state index contributed by atoms with van der Waals surface area (Å²) in [5.74, 6) is -0.826. The van der Waals surface area contributed by atoms with E-state index in [9.17, 15) is 4.79 Å². The molecule has 1 saturated heterocycles. The van der Waals surface area contributed by atoms with Crippen molar-refractivity contribution in [3.8, 4) is 0 Å². The Labute approximate surface area is 167 Å². The summed E-state index contributed by atoms with van der Waals surface area (Å²) in [6, 6.07) is 0. The second-order valence-corrected chi connectivity index (χ2v) is 8.08. The molecule has 0 N–H and O–H groups in total. The third-order valence-corrected chi connectivity index (χ3v) is 4.89. The lowest BCUT2D eigenvalue weighted by atomic mass is 10.1. The van der Waals surface area contributed by atoms with Gasteiger partial charge in [0.15, 0.2) is 5.79 Å². The van der Waals surface area contributed by atoms with E-state index in [1.165, 1.54) is 70.6 Å². The van der Waals surface area contributed by atoms with Crippen molar-refractivity contribution in [3.05, 3.63) is 12.2 Å². The van der Waals surface area contributed by atoms with Crippen molar-refractivity contribution in [3.63, 3.8) is 0 Å². The van der Waals surface area contributed by atoms with Crippen molar-refractivity contribution < 1.29 is 19.0 Å². The average molecular weight is 383 g/mol. The van der Waals surface area contributed by atoms with Crippen LogP contribution in [0.5, 0.6) is 0 Å². The molecule has 27 heavy (non-hydrogen) atoms. The van der Waals surface area contributed by atoms with E-state index in [1.807, 2.05) is 13.8 Å². The molecule has 1 aliphatic heterocycles. The molecule has 4 nitrogen and oxygen atoms in total. The monoisotopic (exact) mass is 382 g/mol. The van der Waals surface area contributed by atoms with Crippen molar-refractivity contribution in [2.24, 2.45) is 0 Å². The minimum atomic E-state index is -0.645. The van der Waals surface area contributed by atoms with Gasteiger partial charge in [-0.3, -0.25) is 4.79 Å². The molecule has 1 heterocycles. The normalized spacial score (nSPS) is 19.0. The van der Waals surface area contributed by atoms with Gasteiger partial charge in [-0.2, -0.15) is 0 Å². The summed E-state index contributed by atoms with van der Waals surface area (Å²) < 4.78 is 16.1. The molecule has 0 bridgehead atoms. The van der Waals surface area contributed by atoms with Gasteiger partial charge in [0, 0.05) is 6.42 Å². The molecule has 0 amide bonds. The number of carbonyl (C=O) groups excluding carboxylic acids is 1. The summed E-state index contributed by atoms with van der Waals surface area (Å²) in [6.07, 6.45) is 20.9. The van der Waals surface area contributed by atoms with Gasteiger partial charge in [-0.15, -0.1) is 0 Å². The van der Waals surface area contributed by atoms with Crippen LogP contribution in [0.15, 0.2) is 12.2 Å². The van der Waals surface area contributed by atoms with Gasteiger partial charge in [-0.1, -0.05) is 70.4 Å². The Morgan fingerprint density at radius 2 is 1.48 bits per heavy atom. The molecule has 0 radical (unpaired) electrons. The molecule has 1 unspecified atom stereocenters. The van der Waals surface area contributed by atoms with Crippen LogP contribution in [0.25, 0.3) is 0 Å². The minimum Gasteiger partial charge on any atom is -0.433 e. The molecule has 1 aliphatic rings. The number of hydrogen-bond acceptors (Lipinski definition) is 4. The zero-order chi connectivity index (χ0) is 19.8. The quantitative estimate of drug-likeness (QED) is 0.170. The number of ether oxygens (including phenoxy) is 3. The summed E-state index contributed by atoms with van der Waals surface area (Å²) in [7, 11) is 0. The Bertz CT molecular complexity index is 403. The summed E-state index contributed by atoms with van der Waals surface area (Å²) in [6.45, 7) is 6.24. The molecular weight excluding hydrogens is 340 g/mol. The van der Waals surface area contributed by atoms with Crippen LogP contribution >= 0.6 is 0 Å². The second-order valence-electron chi connectivity index (χ2n) is 8.08. The molecule has 158 valence electrons. The lowest BCUT2D eigenvalue weighted by molar-refractivity contribution is -0.197. The van der Waals surface area contributed by atoms with Crippen LogP contribution in [-0.4, -0.2) is 24.7 Å². The van der Waals surface area contributed by atoms with E-state index in [0.29, 0.717) is 13.0 Å². The number of esters is 1. The first-order valence-electron chi connectivity index (χ1n) is 11.2. The molecule has 1 rings (SSSR count). The Balaban J connectivity index is 1.82. The van der Waals surface area contributed by atoms with Crippen molar-refractivity contribution in [1.82, 2.24) is 0 Å². The summed E-state index contributed by atoms with van der Waals surface area (Å²) >= 11 is 0. The lowest BCUT2D eigenvalue weighted by Crippen LogP contribution is -2.24. The van der Waals surface area contributed by atoms with Gasteiger partial charge in [-0.25, -0.2) is 0 Å². The first-order chi connectivity index (χ1) is 13.0. The fourth-order valence-corrected chi connectivity index (χ4v) is 3.26. The SMILES string of the molecule is CCCCCCCCC=CCCCCCCCC(=O)OC1COC(C)(C)O1. The third-order valence-electron chi connectivity index (χ3n) is 4.89. The van der Waals surface area contributed by atoms with Crippen LogP contribution < -0.4 is 0 Å². The van der Waals surface area contributed by atoms with Gasteiger partial charge in [0.05, 0.1) is 0 Å². The highest BCUT2D eigenvalue weighted by Crippen LogP contribution is 2.23. The van der Waals surface area contributed by atoms with Crippen LogP contribution in [0.3, 0.4) is 0 Å². The van der Waals surface area contributed by atoms with Crippen LogP contribution in [-0.2, 0) is 19.0 Å². The molecule has 0 aliphatic carbocycles. The van der Waals surface area contributed by atoms with Gasteiger partial charge < -0.3 is 14.2 Å². The van der Waals surface area contributed by atoms with E-state index in [2.05, 4.69) is 19.1 Å². The Morgan fingerprint density at radius 1 is 0.926 bits per heavy atom. The zero-order valence-electron chi connectivity index (χ0n) is 18.0. The van der Waals surface area contributed by atoms with Gasteiger partial charge in [0.1, 0.15) is 6.61 Å². The fourth-order valence-electron chi connectivity index (χ4n) is 3.26. The minimum absolute atomic E-state index is 0.182. The predicted molar refractivity (Wildman–Crippen MR) is 110 cm³/mol. The van der Waals surface area contributed by atoms with E-state index < -0.39 is 12.1 Å². The van der Waals surface area contributed by atoms with Crippen LogP contribution in [0, 0.1) is 0 Å². The summed E-state index contributed by atoms with van der Waals surface area (Å²) in [5.41, 5.74) is 0. The van der Waals surface area contributed by atoms with E-state index in [0.717, 1.165) is 12.8 Å². The van der Waals surface area contributed by atoms with Crippen LogP contribution in [0.4, 0.5) is 0 Å². The molecular formula is C23H42O4. The molecule has 0 spiro atoms. The largest absolute Gasteiger partial charge is 0.433 e. The number of rotatable bonds is 16. The van der Waals surface area contributed by atoms with Crippen LogP contribution in [0.2, 0.25) is 0 Å². The third kappa shape index (κ3) is 13.9. The van der Waals surface area contributed by atoms with Crippen LogP contribution in [0.1, 0.15) is 111 Å². The number of carbonyl (C=O) groups is 1. The second kappa shape index (κ2) is 15.1. The fraction of sp³-hybridized carbons (Fsp3) is 0.870. The summed E-state index contributed by atoms with van der Waals surface area (Å²) in [4.78, 5) is 11.8. The lowest BCUT2D eigenvalue weighted by Gasteiger charge is -2.16. The highest BCUT2D eigenvalue weighted by molar-refractivity contribution is 5.69. The van der Waals surface area contributed by atoms with Gasteiger partial charge in [-0.05, 0) is 46.0 Å². The zero-order valence-corrected chi connectivity index (χ0v) is 18.0. The number of unbranched alkanes of at least 4 members (excludes halogenated alkanes) is 11. The highest BCUT2D eigenvalue weighted by Gasteiger charge is 2.34. The van der Waals surface area contributed by atoms with E-state index >= 15 is 0 Å². The van der Waals surface area contributed by atoms with Crippen molar-refractivity contribution in [2.45, 2.75) is 123 Å². The topological polar surface area (TPSA) is 44.8 Å². The first kappa shape index (κ1) is 24.2. The first-order valence-corrected chi connectivity index (χ1v) is 11.2. The molecule has 0 saturated carbocycles. The maximum Gasteiger partial charge on any atom is 0.308 e. The van der Waals surface area contributed by atoms with Gasteiger partial charge >= 0.3 is 5.97 Å². The van der Waals surface area contributed by atoms with Crippen molar-refractivity contribution in [1.29, 1.82) is 0 Å². The maximum absolute atomic E-state index is 11.8. The predicted octanol–water partition coefficient (Wildman–Crippen LogP) is 6.68. The summed E-state index contributed by atoms with van der Waals surface area (Å²) in [5, 5.41) is 0. The van der Waals surface area contributed by atoms with Gasteiger partial charge in [0.25, 0.3) is 0 Å². The van der Waals surface area contributed by atoms with Crippen molar-refractivity contribution >= 4 is 5.97 Å². The maximum atomic E-state index is 11.8. The standard InChI is InChI=1S/C23H42O4/c1-4-5-6-7-8-9-10-11-12-13-14-15-16-17-18-19-21(24)26-22-20-25-23(2,3)27-22/h11-12,22H,4-10,13-20H2,1-3H3. The number of allylic oxidation sites excluding steroid dienone is 2. The Hall–Kier alpha value is -0.870. The molecule has 1 fully saturated rings. The van der Waals surface area contributed by atoms with Gasteiger partial charge in [0.2, 0.25) is 6.29 Å². The van der Waals surface area contributed by atoms with E-state index in [4.69, 9.17) is 14.2 Å². The Kier molecular flexibility index (Phi) is 13.5. The van der Waals surface area contributed by atoms with Crippen molar-refractivity contribution in [2.75, 3.05) is 6.61 Å².